The largest absolute Gasteiger partial charge is 0.379 e. The molecule has 2 heterocycles. The van der Waals surface area contributed by atoms with Gasteiger partial charge in [0.25, 0.3) is 0 Å². The number of carbonyl (C=O) groups excluding carboxylic acids is 1. The number of rotatable bonds is 3. The molecule has 4 aliphatic rings. The van der Waals surface area contributed by atoms with Crippen LogP contribution in [-0.4, -0.2) is 67.2 Å². The van der Waals surface area contributed by atoms with E-state index >= 15 is 0 Å². The molecule has 0 spiro atoms. The molecule has 4 atom stereocenters. The molecule has 2 bridgehead atoms. The predicted molar refractivity (Wildman–Crippen MR) is 105 cm³/mol. The number of carbonyl (C=O) groups is 1. The summed E-state index contributed by atoms with van der Waals surface area (Å²) in [4.78, 5) is 18.0. The Morgan fingerprint density at radius 1 is 1.12 bits per heavy atom. The van der Waals surface area contributed by atoms with Gasteiger partial charge in [-0.05, 0) is 43.4 Å². The zero-order chi connectivity index (χ0) is 17.4. The van der Waals surface area contributed by atoms with Crippen molar-refractivity contribution in [3.05, 3.63) is 0 Å². The molecule has 0 radical (unpaired) electrons. The molecule has 150 valence electrons. The molecule has 2 aliphatic heterocycles. The number of nitrogens with zero attached hydrogens (tertiary/aromatic N) is 2. The van der Waals surface area contributed by atoms with Crippen molar-refractivity contribution in [3.63, 3.8) is 0 Å². The lowest BCUT2D eigenvalue weighted by Gasteiger charge is -2.44. The molecule has 6 heteroatoms. The van der Waals surface area contributed by atoms with Gasteiger partial charge in [-0.2, -0.15) is 0 Å². The van der Waals surface area contributed by atoms with E-state index in [0.717, 1.165) is 58.7 Å². The Labute approximate surface area is 164 Å². The van der Waals surface area contributed by atoms with Crippen LogP contribution in [0.5, 0.6) is 0 Å². The van der Waals surface area contributed by atoms with Crippen LogP contribution in [0.15, 0.2) is 0 Å². The first-order chi connectivity index (χ1) is 12.2. The standard InChI is InChI=1S/C20H35N3O2.ClH/c1-2-14-12-23(13-18(14)22-6-8-25-9-7-22)20(24)17-10-15-4-3-5-16(11-17)19(15)21;/h14-19H,2-13,21H2,1H3;1H. The number of ether oxygens (including phenoxy) is 1. The first-order valence-electron chi connectivity index (χ1n) is 10.5. The summed E-state index contributed by atoms with van der Waals surface area (Å²) >= 11 is 0. The van der Waals surface area contributed by atoms with E-state index in [4.69, 9.17) is 10.5 Å². The number of hydrogen-bond acceptors (Lipinski definition) is 4. The van der Waals surface area contributed by atoms with E-state index in [1.54, 1.807) is 0 Å². The lowest BCUT2D eigenvalue weighted by Crippen LogP contribution is -2.50. The quantitative estimate of drug-likeness (QED) is 0.808. The molecular weight excluding hydrogens is 350 g/mol. The Bertz CT molecular complexity index is 472. The zero-order valence-electron chi connectivity index (χ0n) is 16.1. The van der Waals surface area contributed by atoms with Gasteiger partial charge in [-0.25, -0.2) is 0 Å². The van der Waals surface area contributed by atoms with E-state index in [1.807, 2.05) is 0 Å². The minimum absolute atomic E-state index is 0. The van der Waals surface area contributed by atoms with Gasteiger partial charge >= 0.3 is 0 Å². The van der Waals surface area contributed by atoms with Crippen LogP contribution >= 0.6 is 12.4 Å². The van der Waals surface area contributed by atoms with Gasteiger partial charge in [-0.15, -0.1) is 12.4 Å². The smallest absolute Gasteiger partial charge is 0.225 e. The molecule has 0 aromatic carbocycles. The lowest BCUT2D eigenvalue weighted by molar-refractivity contribution is -0.137. The summed E-state index contributed by atoms with van der Waals surface area (Å²) in [5.74, 6) is 2.45. The highest BCUT2D eigenvalue weighted by Crippen LogP contribution is 2.43. The van der Waals surface area contributed by atoms with Crippen LogP contribution < -0.4 is 5.73 Å². The number of amides is 1. The van der Waals surface area contributed by atoms with E-state index in [-0.39, 0.29) is 18.3 Å². The summed E-state index contributed by atoms with van der Waals surface area (Å²) in [6.45, 7) is 7.87. The fourth-order valence-corrected chi connectivity index (χ4v) is 6.01. The van der Waals surface area contributed by atoms with Crippen molar-refractivity contribution >= 4 is 18.3 Å². The van der Waals surface area contributed by atoms with Gasteiger partial charge < -0.3 is 15.4 Å². The van der Waals surface area contributed by atoms with Gasteiger partial charge in [0.2, 0.25) is 5.91 Å². The third kappa shape index (κ3) is 3.91. The van der Waals surface area contributed by atoms with Crippen LogP contribution in [0, 0.1) is 23.7 Å². The number of halogens is 1. The minimum atomic E-state index is 0. The summed E-state index contributed by atoms with van der Waals surface area (Å²) in [5, 5.41) is 0. The summed E-state index contributed by atoms with van der Waals surface area (Å²) < 4.78 is 5.52. The Morgan fingerprint density at radius 3 is 2.38 bits per heavy atom. The fourth-order valence-electron chi connectivity index (χ4n) is 6.01. The molecule has 0 aromatic heterocycles. The Morgan fingerprint density at radius 2 is 1.77 bits per heavy atom. The van der Waals surface area contributed by atoms with Crippen molar-refractivity contribution in [2.24, 2.45) is 29.4 Å². The van der Waals surface area contributed by atoms with E-state index in [0.29, 0.717) is 35.7 Å². The summed E-state index contributed by atoms with van der Waals surface area (Å²) in [5.41, 5.74) is 6.42. The first-order valence-corrected chi connectivity index (χ1v) is 10.5. The molecule has 0 aromatic rings. The van der Waals surface area contributed by atoms with Crippen molar-refractivity contribution in [2.75, 3.05) is 39.4 Å². The minimum Gasteiger partial charge on any atom is -0.379 e. The van der Waals surface area contributed by atoms with Crippen LogP contribution in [0.1, 0.15) is 45.4 Å². The monoisotopic (exact) mass is 385 g/mol. The highest BCUT2D eigenvalue weighted by atomic mass is 35.5. The molecule has 26 heavy (non-hydrogen) atoms. The number of likely N-dealkylation sites (tertiary alicyclic amines) is 1. The average molecular weight is 386 g/mol. The van der Waals surface area contributed by atoms with Crippen molar-refractivity contribution < 1.29 is 9.53 Å². The van der Waals surface area contributed by atoms with Crippen LogP contribution in [0.25, 0.3) is 0 Å². The van der Waals surface area contributed by atoms with Gasteiger partial charge in [0.05, 0.1) is 13.2 Å². The first kappa shape index (κ1) is 20.4. The Balaban J connectivity index is 0.00000196. The van der Waals surface area contributed by atoms with Crippen LogP contribution in [0.3, 0.4) is 0 Å². The van der Waals surface area contributed by atoms with E-state index < -0.39 is 0 Å². The third-order valence-corrected chi connectivity index (χ3v) is 7.52. The van der Waals surface area contributed by atoms with Crippen molar-refractivity contribution in [1.82, 2.24) is 9.80 Å². The van der Waals surface area contributed by atoms with Crippen LogP contribution in [0.2, 0.25) is 0 Å². The highest BCUT2D eigenvalue weighted by Gasteiger charge is 2.44. The number of fused-ring (bicyclic) bond motifs is 2. The topological polar surface area (TPSA) is 58.8 Å². The molecule has 1 amide bonds. The highest BCUT2D eigenvalue weighted by molar-refractivity contribution is 5.85. The van der Waals surface area contributed by atoms with Gasteiger partial charge in [0.15, 0.2) is 0 Å². The second kappa shape index (κ2) is 8.76. The summed E-state index contributed by atoms with van der Waals surface area (Å²) in [6.07, 6.45) is 7.00. The maximum Gasteiger partial charge on any atom is 0.225 e. The van der Waals surface area contributed by atoms with Gasteiger partial charge in [0.1, 0.15) is 0 Å². The van der Waals surface area contributed by atoms with Gasteiger partial charge in [0, 0.05) is 44.2 Å². The number of nitrogens with two attached hydrogens (primary N) is 1. The van der Waals surface area contributed by atoms with Crippen molar-refractivity contribution in [2.45, 2.75) is 57.5 Å². The van der Waals surface area contributed by atoms with Crippen LogP contribution in [0.4, 0.5) is 0 Å². The second-order valence-electron chi connectivity index (χ2n) is 8.82. The van der Waals surface area contributed by atoms with Crippen LogP contribution in [-0.2, 0) is 9.53 Å². The molecule has 2 saturated heterocycles. The molecule has 2 saturated carbocycles. The van der Waals surface area contributed by atoms with Gasteiger partial charge in [-0.1, -0.05) is 19.8 Å². The normalized spacial score (nSPS) is 40.9. The number of morpholine rings is 1. The molecule has 5 nitrogen and oxygen atoms in total. The Kier molecular flexibility index (Phi) is 6.87. The summed E-state index contributed by atoms with van der Waals surface area (Å²) in [6, 6.07) is 0.879. The molecule has 4 fully saturated rings. The van der Waals surface area contributed by atoms with Gasteiger partial charge in [-0.3, -0.25) is 9.69 Å². The molecule has 2 N–H and O–H groups in total. The molecular formula is C20H36ClN3O2. The molecule has 4 rings (SSSR count). The van der Waals surface area contributed by atoms with E-state index in [1.165, 1.54) is 19.3 Å². The van der Waals surface area contributed by atoms with Crippen molar-refractivity contribution in [1.29, 1.82) is 0 Å². The summed E-state index contributed by atoms with van der Waals surface area (Å²) in [7, 11) is 0. The fraction of sp³-hybridized carbons (Fsp3) is 0.950. The van der Waals surface area contributed by atoms with E-state index in [9.17, 15) is 4.79 Å². The lowest BCUT2D eigenvalue weighted by atomic mass is 9.65. The Hall–Kier alpha value is -0.360. The van der Waals surface area contributed by atoms with E-state index in [2.05, 4.69) is 16.7 Å². The second-order valence-corrected chi connectivity index (χ2v) is 8.82. The predicted octanol–water partition coefficient (Wildman–Crippen LogP) is 2.13. The average Bonchev–Trinajstić information content (AvgIpc) is 3.06. The maximum atomic E-state index is 13.3. The molecule has 2 aliphatic carbocycles. The zero-order valence-corrected chi connectivity index (χ0v) is 17.0. The SMILES string of the molecule is CCC1CN(C(=O)C2CC3CCCC(C2)C3N)CC1N1CCOCC1.Cl. The molecule has 4 unspecified atom stereocenters. The third-order valence-electron chi connectivity index (χ3n) is 7.52. The maximum absolute atomic E-state index is 13.3. The number of hydrogen-bond donors (Lipinski definition) is 1. The van der Waals surface area contributed by atoms with Crippen molar-refractivity contribution in [3.8, 4) is 0 Å².